The predicted octanol–water partition coefficient (Wildman–Crippen LogP) is 3.59. The summed E-state index contributed by atoms with van der Waals surface area (Å²) in [5, 5.41) is 2.94. The molecule has 23 heavy (non-hydrogen) atoms. The number of aromatic nitrogens is 3. The molecule has 3 aromatic rings. The second-order valence-electron chi connectivity index (χ2n) is 5.32. The Labute approximate surface area is 134 Å². The maximum Gasteiger partial charge on any atom is 0.274 e. The van der Waals surface area contributed by atoms with Crippen LogP contribution in [0.4, 0.5) is 5.69 Å². The molecule has 0 unspecified atom stereocenters. The highest BCUT2D eigenvalue weighted by Gasteiger charge is 2.11. The zero-order valence-corrected chi connectivity index (χ0v) is 13.1. The van der Waals surface area contributed by atoms with Crippen LogP contribution < -0.4 is 5.32 Å². The number of imidazole rings is 1. The number of benzene rings is 1. The number of carbonyl (C=O) groups excluding carboxylic acids is 1. The SMILES string of the molecule is CCc1ccnc(C(=O)Nc2cc(-c3ncc[nH]3)ccc2C)c1. The van der Waals surface area contributed by atoms with Crippen LogP contribution in [0.15, 0.2) is 48.9 Å². The third-order valence-corrected chi connectivity index (χ3v) is 3.72. The van der Waals surface area contributed by atoms with Crippen molar-refractivity contribution >= 4 is 11.6 Å². The van der Waals surface area contributed by atoms with E-state index >= 15 is 0 Å². The number of nitrogens with zero attached hydrogens (tertiary/aromatic N) is 2. The topological polar surface area (TPSA) is 70.7 Å². The van der Waals surface area contributed by atoms with Crippen molar-refractivity contribution in [3.63, 3.8) is 0 Å². The molecule has 0 fully saturated rings. The van der Waals surface area contributed by atoms with E-state index in [0.717, 1.165) is 34.6 Å². The zero-order valence-electron chi connectivity index (χ0n) is 13.1. The lowest BCUT2D eigenvalue weighted by Crippen LogP contribution is -2.14. The minimum Gasteiger partial charge on any atom is -0.345 e. The fraction of sp³-hybridized carbons (Fsp3) is 0.167. The lowest BCUT2D eigenvalue weighted by atomic mass is 10.1. The molecular formula is C18H18N4O. The van der Waals surface area contributed by atoms with E-state index in [0.29, 0.717) is 5.69 Å². The summed E-state index contributed by atoms with van der Waals surface area (Å²) in [6.07, 6.45) is 6.01. The van der Waals surface area contributed by atoms with Crippen molar-refractivity contribution in [2.24, 2.45) is 0 Å². The summed E-state index contributed by atoms with van der Waals surface area (Å²) in [6, 6.07) is 9.58. The number of nitrogens with one attached hydrogen (secondary N) is 2. The van der Waals surface area contributed by atoms with Gasteiger partial charge in [-0.2, -0.15) is 0 Å². The Morgan fingerprint density at radius 3 is 2.78 bits per heavy atom. The minimum atomic E-state index is -0.208. The molecule has 5 heteroatoms. The molecule has 3 rings (SSSR count). The average molecular weight is 306 g/mol. The Bertz CT molecular complexity index is 825. The molecular weight excluding hydrogens is 288 g/mol. The number of aryl methyl sites for hydroxylation is 2. The second-order valence-corrected chi connectivity index (χ2v) is 5.32. The lowest BCUT2D eigenvalue weighted by molar-refractivity contribution is 0.102. The van der Waals surface area contributed by atoms with Crippen LogP contribution in [-0.2, 0) is 6.42 Å². The van der Waals surface area contributed by atoms with Crippen LogP contribution in [0.1, 0.15) is 28.5 Å². The van der Waals surface area contributed by atoms with E-state index in [9.17, 15) is 4.79 Å². The van der Waals surface area contributed by atoms with Crippen molar-refractivity contribution in [2.45, 2.75) is 20.3 Å². The van der Waals surface area contributed by atoms with Crippen molar-refractivity contribution in [3.8, 4) is 11.4 Å². The third kappa shape index (κ3) is 3.29. The lowest BCUT2D eigenvalue weighted by Gasteiger charge is -2.10. The first-order chi connectivity index (χ1) is 11.2. The Morgan fingerprint density at radius 1 is 1.17 bits per heavy atom. The Kier molecular flexibility index (Phi) is 4.19. The maximum atomic E-state index is 12.4. The van der Waals surface area contributed by atoms with Gasteiger partial charge < -0.3 is 10.3 Å². The van der Waals surface area contributed by atoms with Crippen LogP contribution >= 0.6 is 0 Å². The summed E-state index contributed by atoms with van der Waals surface area (Å²) in [4.78, 5) is 23.9. The molecule has 0 aliphatic heterocycles. The number of anilines is 1. The highest BCUT2D eigenvalue weighted by atomic mass is 16.1. The number of carbonyl (C=O) groups is 1. The van der Waals surface area contributed by atoms with E-state index < -0.39 is 0 Å². The van der Waals surface area contributed by atoms with E-state index in [1.165, 1.54) is 0 Å². The molecule has 1 aromatic carbocycles. The van der Waals surface area contributed by atoms with Crippen molar-refractivity contribution in [2.75, 3.05) is 5.32 Å². The zero-order chi connectivity index (χ0) is 16.2. The molecule has 0 saturated carbocycles. The van der Waals surface area contributed by atoms with Crippen molar-refractivity contribution < 1.29 is 4.79 Å². The van der Waals surface area contributed by atoms with Crippen LogP contribution in [-0.4, -0.2) is 20.9 Å². The normalized spacial score (nSPS) is 10.5. The molecule has 0 spiro atoms. The molecule has 5 nitrogen and oxygen atoms in total. The van der Waals surface area contributed by atoms with Gasteiger partial charge in [0.2, 0.25) is 0 Å². The summed E-state index contributed by atoms with van der Waals surface area (Å²) < 4.78 is 0. The number of rotatable bonds is 4. The maximum absolute atomic E-state index is 12.4. The summed E-state index contributed by atoms with van der Waals surface area (Å²) in [6.45, 7) is 4.01. The standard InChI is InChI=1S/C18H18N4O/c1-3-13-6-7-19-16(10-13)18(23)22-15-11-14(5-4-12(15)2)17-20-8-9-21-17/h4-11H,3H2,1-2H3,(H,20,21)(H,22,23). The number of amides is 1. The largest absolute Gasteiger partial charge is 0.345 e. The van der Waals surface area contributed by atoms with Crippen molar-refractivity contribution in [1.29, 1.82) is 0 Å². The van der Waals surface area contributed by atoms with E-state index in [1.807, 2.05) is 44.2 Å². The van der Waals surface area contributed by atoms with Crippen LogP contribution in [0.25, 0.3) is 11.4 Å². The number of hydrogen-bond donors (Lipinski definition) is 2. The van der Waals surface area contributed by atoms with Crippen LogP contribution in [0, 0.1) is 6.92 Å². The van der Waals surface area contributed by atoms with Gasteiger partial charge in [0.05, 0.1) is 0 Å². The summed E-state index contributed by atoms with van der Waals surface area (Å²) >= 11 is 0. The minimum absolute atomic E-state index is 0.208. The monoisotopic (exact) mass is 306 g/mol. The third-order valence-electron chi connectivity index (χ3n) is 3.72. The Balaban J connectivity index is 1.87. The molecule has 0 atom stereocenters. The molecule has 2 N–H and O–H groups in total. The smallest absolute Gasteiger partial charge is 0.274 e. The van der Waals surface area contributed by atoms with Crippen molar-refractivity contribution in [1.82, 2.24) is 15.0 Å². The molecule has 0 aliphatic carbocycles. The van der Waals surface area contributed by atoms with Gasteiger partial charge >= 0.3 is 0 Å². The fourth-order valence-electron chi connectivity index (χ4n) is 2.33. The number of pyridine rings is 1. The number of hydrogen-bond acceptors (Lipinski definition) is 3. The van der Waals surface area contributed by atoms with E-state index in [4.69, 9.17) is 0 Å². The molecule has 2 aromatic heterocycles. The van der Waals surface area contributed by atoms with Crippen molar-refractivity contribution in [3.05, 3.63) is 65.7 Å². The first-order valence-electron chi connectivity index (χ1n) is 7.54. The first-order valence-corrected chi connectivity index (χ1v) is 7.54. The number of H-pyrrole nitrogens is 1. The van der Waals surface area contributed by atoms with Crippen LogP contribution in [0.2, 0.25) is 0 Å². The Morgan fingerprint density at radius 2 is 2.04 bits per heavy atom. The summed E-state index contributed by atoms with van der Waals surface area (Å²) in [7, 11) is 0. The highest BCUT2D eigenvalue weighted by molar-refractivity contribution is 6.03. The fourth-order valence-corrected chi connectivity index (χ4v) is 2.33. The highest BCUT2D eigenvalue weighted by Crippen LogP contribution is 2.23. The molecule has 0 bridgehead atoms. The van der Waals surface area contributed by atoms with Gasteiger partial charge in [0.15, 0.2) is 0 Å². The van der Waals surface area contributed by atoms with Crippen LogP contribution in [0.5, 0.6) is 0 Å². The molecule has 1 amide bonds. The summed E-state index contributed by atoms with van der Waals surface area (Å²) in [5.74, 6) is 0.562. The Hall–Kier alpha value is -2.95. The van der Waals surface area contributed by atoms with E-state index in [2.05, 4.69) is 20.3 Å². The first kappa shape index (κ1) is 15.0. The van der Waals surface area contributed by atoms with E-state index in [1.54, 1.807) is 18.6 Å². The molecule has 0 saturated heterocycles. The molecule has 0 radical (unpaired) electrons. The second kappa shape index (κ2) is 6.44. The molecule has 116 valence electrons. The van der Waals surface area contributed by atoms with Crippen LogP contribution in [0.3, 0.4) is 0 Å². The van der Waals surface area contributed by atoms with Gasteiger partial charge in [-0.25, -0.2) is 4.98 Å². The van der Waals surface area contributed by atoms with E-state index in [-0.39, 0.29) is 5.91 Å². The van der Waals surface area contributed by atoms with Gasteiger partial charge in [0, 0.05) is 29.8 Å². The van der Waals surface area contributed by atoms with Gasteiger partial charge in [0.25, 0.3) is 5.91 Å². The van der Waals surface area contributed by atoms with Gasteiger partial charge in [0.1, 0.15) is 11.5 Å². The van der Waals surface area contributed by atoms with Gasteiger partial charge in [-0.1, -0.05) is 19.1 Å². The van der Waals surface area contributed by atoms with Gasteiger partial charge in [-0.05, 0) is 42.7 Å². The quantitative estimate of drug-likeness (QED) is 0.773. The summed E-state index contributed by atoms with van der Waals surface area (Å²) in [5.41, 5.74) is 4.18. The number of aromatic amines is 1. The molecule has 0 aliphatic rings. The van der Waals surface area contributed by atoms with Gasteiger partial charge in [-0.3, -0.25) is 9.78 Å². The average Bonchev–Trinajstić information content (AvgIpc) is 3.11. The predicted molar refractivity (Wildman–Crippen MR) is 90.3 cm³/mol. The van der Waals surface area contributed by atoms with Gasteiger partial charge in [-0.15, -0.1) is 0 Å². The molecule has 2 heterocycles.